The van der Waals surface area contributed by atoms with Gasteiger partial charge in [-0.15, -0.1) is 0 Å². The molecule has 2 N–H and O–H groups in total. The van der Waals surface area contributed by atoms with Crippen molar-refractivity contribution in [1.29, 1.82) is 0 Å². The second kappa shape index (κ2) is 6.15. The smallest absolute Gasteiger partial charge is 0.342 e. The number of aromatic hydroxyl groups is 1. The first-order valence-corrected chi connectivity index (χ1v) is 6.20. The molecule has 0 fully saturated rings. The highest BCUT2D eigenvalue weighted by atomic mass is 35.5. The molecule has 0 amide bonds. The van der Waals surface area contributed by atoms with Crippen LogP contribution in [0.5, 0.6) is 11.5 Å². The average molecular weight is 333 g/mol. The number of ether oxygens (including phenoxy) is 1. The second-order valence-corrected chi connectivity index (χ2v) is 4.65. The Hall–Kier alpha value is -2.41. The standard InChI is InChI=1S/C14H8ClF3O4/c15-7-3-1-2-6(4-7)5-22-13-10(17)9(16)8(14(20)21)12(19)11(13)18/h1-4,19H,5H2,(H,20,21). The van der Waals surface area contributed by atoms with E-state index in [0.29, 0.717) is 10.6 Å². The predicted octanol–water partition coefficient (Wildman–Crippen LogP) is 3.74. The molecule has 2 aromatic rings. The van der Waals surface area contributed by atoms with Gasteiger partial charge in [0, 0.05) is 5.02 Å². The Morgan fingerprint density at radius 2 is 1.86 bits per heavy atom. The lowest BCUT2D eigenvalue weighted by molar-refractivity contribution is 0.0685. The second-order valence-electron chi connectivity index (χ2n) is 4.22. The van der Waals surface area contributed by atoms with Crippen LogP contribution in [0, 0.1) is 17.5 Å². The summed E-state index contributed by atoms with van der Waals surface area (Å²) in [7, 11) is 0. The van der Waals surface area contributed by atoms with Crippen molar-refractivity contribution in [1.82, 2.24) is 0 Å². The molecule has 0 bridgehead atoms. The normalized spacial score (nSPS) is 10.5. The molecule has 0 aliphatic heterocycles. The van der Waals surface area contributed by atoms with Crippen molar-refractivity contribution in [3.63, 3.8) is 0 Å². The Morgan fingerprint density at radius 3 is 2.45 bits per heavy atom. The fourth-order valence-corrected chi connectivity index (χ4v) is 1.94. The summed E-state index contributed by atoms with van der Waals surface area (Å²) in [6.07, 6.45) is 0. The van der Waals surface area contributed by atoms with E-state index < -0.39 is 40.5 Å². The molecule has 0 unspecified atom stereocenters. The first-order valence-electron chi connectivity index (χ1n) is 5.82. The van der Waals surface area contributed by atoms with E-state index in [9.17, 15) is 23.1 Å². The zero-order chi connectivity index (χ0) is 16.4. The van der Waals surface area contributed by atoms with Gasteiger partial charge < -0.3 is 14.9 Å². The van der Waals surface area contributed by atoms with Crippen molar-refractivity contribution in [2.45, 2.75) is 6.61 Å². The number of carbonyl (C=O) groups is 1. The van der Waals surface area contributed by atoms with Gasteiger partial charge in [-0.25, -0.2) is 9.18 Å². The lowest BCUT2D eigenvalue weighted by atomic mass is 10.1. The summed E-state index contributed by atoms with van der Waals surface area (Å²) in [6.45, 7) is -0.361. The zero-order valence-electron chi connectivity index (χ0n) is 10.7. The van der Waals surface area contributed by atoms with Crippen LogP contribution in [-0.4, -0.2) is 16.2 Å². The minimum atomic E-state index is -2.01. The van der Waals surface area contributed by atoms with Crippen LogP contribution < -0.4 is 4.74 Å². The molecule has 0 heterocycles. The van der Waals surface area contributed by atoms with Crippen molar-refractivity contribution >= 4 is 17.6 Å². The number of benzene rings is 2. The monoisotopic (exact) mass is 332 g/mol. The highest BCUT2D eigenvalue weighted by Crippen LogP contribution is 2.35. The van der Waals surface area contributed by atoms with Crippen molar-refractivity contribution in [2.24, 2.45) is 0 Å². The molecule has 2 aromatic carbocycles. The van der Waals surface area contributed by atoms with Crippen molar-refractivity contribution in [3.05, 3.63) is 57.9 Å². The van der Waals surface area contributed by atoms with Gasteiger partial charge in [0.15, 0.2) is 17.3 Å². The lowest BCUT2D eigenvalue weighted by Crippen LogP contribution is -2.09. The highest BCUT2D eigenvalue weighted by Gasteiger charge is 2.29. The third-order valence-corrected chi connectivity index (χ3v) is 2.98. The van der Waals surface area contributed by atoms with Crippen LogP contribution in [0.15, 0.2) is 24.3 Å². The summed E-state index contributed by atoms with van der Waals surface area (Å²) in [6, 6.07) is 6.14. The molecule has 0 aromatic heterocycles. The van der Waals surface area contributed by atoms with Crippen LogP contribution in [0.25, 0.3) is 0 Å². The molecule has 22 heavy (non-hydrogen) atoms. The summed E-state index contributed by atoms with van der Waals surface area (Å²) in [4.78, 5) is 10.7. The SMILES string of the molecule is O=C(O)c1c(O)c(F)c(OCc2cccc(Cl)c2)c(F)c1F. The van der Waals surface area contributed by atoms with E-state index >= 15 is 0 Å². The van der Waals surface area contributed by atoms with Crippen LogP contribution in [0.4, 0.5) is 13.2 Å². The van der Waals surface area contributed by atoms with Crippen LogP contribution >= 0.6 is 11.6 Å². The summed E-state index contributed by atoms with van der Waals surface area (Å²) >= 11 is 5.73. The van der Waals surface area contributed by atoms with E-state index in [2.05, 4.69) is 0 Å². The van der Waals surface area contributed by atoms with Gasteiger partial charge in [-0.1, -0.05) is 23.7 Å². The molecule has 0 aliphatic carbocycles. The predicted molar refractivity (Wildman–Crippen MR) is 70.7 cm³/mol. The number of carboxylic acid groups (broad SMARTS) is 1. The summed E-state index contributed by atoms with van der Waals surface area (Å²) < 4.78 is 45.8. The summed E-state index contributed by atoms with van der Waals surface area (Å²) in [5, 5.41) is 18.3. The fraction of sp³-hybridized carbons (Fsp3) is 0.0714. The number of halogens is 4. The summed E-state index contributed by atoms with van der Waals surface area (Å²) in [5.41, 5.74) is -1.06. The molecular weight excluding hydrogens is 325 g/mol. The van der Waals surface area contributed by atoms with E-state index in [1.807, 2.05) is 0 Å². The number of phenols is 1. The fourth-order valence-electron chi connectivity index (χ4n) is 1.73. The van der Waals surface area contributed by atoms with Crippen LogP contribution in [0.3, 0.4) is 0 Å². The van der Waals surface area contributed by atoms with Crippen LogP contribution in [0.2, 0.25) is 5.02 Å². The third-order valence-electron chi connectivity index (χ3n) is 2.74. The van der Waals surface area contributed by atoms with Gasteiger partial charge in [0.2, 0.25) is 11.6 Å². The van der Waals surface area contributed by atoms with Crippen LogP contribution in [0.1, 0.15) is 15.9 Å². The van der Waals surface area contributed by atoms with Crippen molar-refractivity contribution < 1.29 is 32.9 Å². The Balaban J connectivity index is 2.38. The van der Waals surface area contributed by atoms with E-state index in [-0.39, 0.29) is 6.61 Å². The Bertz CT molecular complexity index is 720. The maximum absolute atomic E-state index is 13.8. The third kappa shape index (κ3) is 2.94. The van der Waals surface area contributed by atoms with Crippen LogP contribution in [-0.2, 0) is 6.61 Å². The van der Waals surface area contributed by atoms with Gasteiger partial charge >= 0.3 is 5.97 Å². The van der Waals surface area contributed by atoms with Gasteiger partial charge in [-0.3, -0.25) is 0 Å². The van der Waals surface area contributed by atoms with Gasteiger partial charge in [0.1, 0.15) is 12.2 Å². The molecule has 0 spiro atoms. The van der Waals surface area contributed by atoms with Crippen molar-refractivity contribution in [3.8, 4) is 11.5 Å². The quantitative estimate of drug-likeness (QED) is 0.837. The number of carboxylic acids is 1. The average Bonchev–Trinajstić information content (AvgIpc) is 2.45. The van der Waals surface area contributed by atoms with Crippen molar-refractivity contribution in [2.75, 3.05) is 0 Å². The molecule has 8 heteroatoms. The number of hydrogen-bond acceptors (Lipinski definition) is 3. The van der Waals surface area contributed by atoms with E-state index in [1.165, 1.54) is 6.07 Å². The van der Waals surface area contributed by atoms with Gasteiger partial charge in [0.25, 0.3) is 0 Å². The number of hydrogen-bond donors (Lipinski definition) is 2. The Morgan fingerprint density at radius 1 is 1.18 bits per heavy atom. The first kappa shape index (κ1) is 16.0. The molecule has 0 atom stereocenters. The maximum Gasteiger partial charge on any atom is 0.342 e. The molecule has 0 radical (unpaired) electrons. The first-order chi connectivity index (χ1) is 10.3. The van der Waals surface area contributed by atoms with Gasteiger partial charge in [-0.05, 0) is 17.7 Å². The Kier molecular flexibility index (Phi) is 4.46. The van der Waals surface area contributed by atoms with Gasteiger partial charge in [-0.2, -0.15) is 8.78 Å². The number of rotatable bonds is 4. The lowest BCUT2D eigenvalue weighted by Gasteiger charge is -2.12. The molecule has 0 saturated heterocycles. The molecule has 4 nitrogen and oxygen atoms in total. The van der Waals surface area contributed by atoms with E-state index in [4.69, 9.17) is 21.4 Å². The molecule has 116 valence electrons. The molecule has 2 rings (SSSR count). The topological polar surface area (TPSA) is 66.8 Å². The molecule has 0 aliphatic rings. The van der Waals surface area contributed by atoms with E-state index in [1.54, 1.807) is 18.2 Å². The number of aromatic carboxylic acids is 1. The minimum absolute atomic E-state index is 0.359. The minimum Gasteiger partial charge on any atom is -0.504 e. The van der Waals surface area contributed by atoms with Gasteiger partial charge in [0.05, 0.1) is 0 Å². The highest BCUT2D eigenvalue weighted by molar-refractivity contribution is 6.30. The maximum atomic E-state index is 13.8. The zero-order valence-corrected chi connectivity index (χ0v) is 11.5. The largest absolute Gasteiger partial charge is 0.504 e. The Labute approximate surface area is 127 Å². The van der Waals surface area contributed by atoms with E-state index in [0.717, 1.165) is 0 Å². The molecule has 0 saturated carbocycles. The summed E-state index contributed by atoms with van der Waals surface area (Å²) in [5.74, 6) is -10.2. The molecular formula is C14H8ClF3O4.